The molecule has 0 aliphatic rings. The van der Waals surface area contributed by atoms with Crippen molar-refractivity contribution >= 4 is 11.6 Å². The van der Waals surface area contributed by atoms with E-state index in [1.165, 1.54) is 0 Å². The molecule has 1 aromatic heterocycles. The van der Waals surface area contributed by atoms with Crippen LogP contribution in [0.2, 0.25) is 0 Å². The van der Waals surface area contributed by atoms with Crippen molar-refractivity contribution in [1.29, 1.82) is 0 Å². The summed E-state index contributed by atoms with van der Waals surface area (Å²) in [5.74, 6) is 0.372. The zero-order chi connectivity index (χ0) is 10.4. The van der Waals surface area contributed by atoms with Gasteiger partial charge in [0.2, 0.25) is 0 Å². The molecule has 14 heavy (non-hydrogen) atoms. The first-order valence-electron chi connectivity index (χ1n) is 4.27. The van der Waals surface area contributed by atoms with E-state index in [1.807, 2.05) is 6.20 Å². The van der Waals surface area contributed by atoms with E-state index in [1.54, 1.807) is 25.0 Å². The lowest BCUT2D eigenvalue weighted by atomic mass is 10.5. The standard InChI is InChI=1S/C8H15N5O/c1-10-8(9)12-7-5-11-13(6-7)3-4-14-2/h5-6H,3-4H2,1-2H3,(H3,9,10,12). The fourth-order valence-electron chi connectivity index (χ4n) is 0.939. The van der Waals surface area contributed by atoms with Crippen LogP contribution in [0.1, 0.15) is 0 Å². The summed E-state index contributed by atoms with van der Waals surface area (Å²) in [7, 11) is 3.28. The molecule has 78 valence electrons. The molecule has 1 heterocycles. The summed E-state index contributed by atoms with van der Waals surface area (Å²) >= 11 is 0. The number of nitrogens with zero attached hydrogens (tertiary/aromatic N) is 3. The second-order valence-corrected chi connectivity index (χ2v) is 2.72. The zero-order valence-corrected chi connectivity index (χ0v) is 8.40. The molecule has 0 aliphatic heterocycles. The van der Waals surface area contributed by atoms with Gasteiger partial charge in [0.15, 0.2) is 5.96 Å². The lowest BCUT2D eigenvalue weighted by molar-refractivity contribution is 0.183. The molecule has 0 saturated carbocycles. The van der Waals surface area contributed by atoms with E-state index in [-0.39, 0.29) is 0 Å². The molecule has 6 heteroatoms. The highest BCUT2D eigenvalue weighted by Crippen LogP contribution is 2.03. The van der Waals surface area contributed by atoms with Gasteiger partial charge < -0.3 is 15.8 Å². The first kappa shape index (κ1) is 10.5. The number of rotatable bonds is 4. The summed E-state index contributed by atoms with van der Waals surface area (Å²) in [4.78, 5) is 3.78. The van der Waals surface area contributed by atoms with Gasteiger partial charge in [-0.3, -0.25) is 9.67 Å². The summed E-state index contributed by atoms with van der Waals surface area (Å²) in [5.41, 5.74) is 6.31. The van der Waals surface area contributed by atoms with Gasteiger partial charge in [0, 0.05) is 20.4 Å². The average molecular weight is 197 g/mol. The molecule has 0 aromatic carbocycles. The Bertz CT molecular complexity index is 306. The van der Waals surface area contributed by atoms with Crippen molar-refractivity contribution in [2.45, 2.75) is 6.54 Å². The number of hydrogen-bond acceptors (Lipinski definition) is 3. The van der Waals surface area contributed by atoms with Crippen LogP contribution in [-0.2, 0) is 11.3 Å². The third kappa shape index (κ3) is 3.06. The van der Waals surface area contributed by atoms with Crippen LogP contribution in [0.5, 0.6) is 0 Å². The van der Waals surface area contributed by atoms with Crippen LogP contribution in [0.15, 0.2) is 17.4 Å². The molecule has 0 aliphatic carbocycles. The molecule has 0 unspecified atom stereocenters. The predicted molar refractivity (Wildman–Crippen MR) is 55.3 cm³/mol. The SMILES string of the molecule is CN=C(N)Nc1cnn(CCOC)c1. The summed E-state index contributed by atoms with van der Waals surface area (Å²) < 4.78 is 6.70. The molecule has 1 aromatic rings. The first-order valence-corrected chi connectivity index (χ1v) is 4.27. The highest BCUT2D eigenvalue weighted by molar-refractivity contribution is 5.91. The van der Waals surface area contributed by atoms with E-state index in [4.69, 9.17) is 10.5 Å². The van der Waals surface area contributed by atoms with Gasteiger partial charge >= 0.3 is 0 Å². The Morgan fingerprint density at radius 3 is 3.21 bits per heavy atom. The van der Waals surface area contributed by atoms with Gasteiger partial charge in [-0.15, -0.1) is 0 Å². The Labute approximate surface area is 82.8 Å². The molecule has 0 spiro atoms. The topological polar surface area (TPSA) is 77.5 Å². The number of aliphatic imine (C=N–C) groups is 1. The summed E-state index contributed by atoms with van der Waals surface area (Å²) in [6.07, 6.45) is 3.53. The Kier molecular flexibility index (Phi) is 3.93. The maximum Gasteiger partial charge on any atom is 0.192 e. The molecule has 0 saturated heterocycles. The Hall–Kier alpha value is -1.56. The average Bonchev–Trinajstić information content (AvgIpc) is 2.62. The molecule has 0 atom stereocenters. The molecule has 0 fully saturated rings. The summed E-state index contributed by atoms with van der Waals surface area (Å²) in [6, 6.07) is 0. The number of methoxy groups -OCH3 is 1. The Morgan fingerprint density at radius 1 is 1.79 bits per heavy atom. The smallest absolute Gasteiger partial charge is 0.192 e. The number of hydrogen-bond donors (Lipinski definition) is 2. The van der Waals surface area contributed by atoms with Crippen LogP contribution < -0.4 is 11.1 Å². The van der Waals surface area contributed by atoms with Crippen LogP contribution in [0.4, 0.5) is 5.69 Å². The number of nitrogens with two attached hydrogens (primary N) is 1. The number of anilines is 1. The van der Waals surface area contributed by atoms with Gasteiger partial charge in [-0.2, -0.15) is 5.10 Å². The fraction of sp³-hybridized carbons (Fsp3) is 0.500. The number of nitrogens with one attached hydrogen (secondary N) is 1. The maximum absolute atomic E-state index is 5.49. The highest BCUT2D eigenvalue weighted by Gasteiger charge is 1.98. The van der Waals surface area contributed by atoms with Gasteiger partial charge in [0.25, 0.3) is 0 Å². The Morgan fingerprint density at radius 2 is 2.57 bits per heavy atom. The number of aromatic nitrogens is 2. The second-order valence-electron chi connectivity index (χ2n) is 2.72. The van der Waals surface area contributed by atoms with Crippen LogP contribution in [0, 0.1) is 0 Å². The highest BCUT2D eigenvalue weighted by atomic mass is 16.5. The maximum atomic E-state index is 5.49. The van der Waals surface area contributed by atoms with E-state index in [0.29, 0.717) is 12.6 Å². The van der Waals surface area contributed by atoms with E-state index in [2.05, 4.69) is 15.4 Å². The van der Waals surface area contributed by atoms with Gasteiger partial charge in [0.1, 0.15) is 0 Å². The van der Waals surface area contributed by atoms with Crippen LogP contribution in [0.3, 0.4) is 0 Å². The predicted octanol–water partition coefficient (Wildman–Crippen LogP) is -0.114. The molecular weight excluding hydrogens is 182 g/mol. The summed E-state index contributed by atoms with van der Waals surface area (Å²) in [6.45, 7) is 1.36. The van der Waals surface area contributed by atoms with Crippen molar-refractivity contribution in [3.63, 3.8) is 0 Å². The number of ether oxygens (including phenoxy) is 1. The van der Waals surface area contributed by atoms with Gasteiger partial charge in [-0.05, 0) is 0 Å². The molecule has 0 radical (unpaired) electrons. The van der Waals surface area contributed by atoms with Crippen LogP contribution in [-0.4, -0.2) is 36.5 Å². The third-order valence-corrected chi connectivity index (χ3v) is 1.67. The first-order chi connectivity index (χ1) is 6.76. The quantitative estimate of drug-likeness (QED) is 0.521. The van der Waals surface area contributed by atoms with Crippen molar-refractivity contribution in [3.05, 3.63) is 12.4 Å². The molecule has 3 N–H and O–H groups in total. The fourth-order valence-corrected chi connectivity index (χ4v) is 0.939. The van der Waals surface area contributed by atoms with E-state index >= 15 is 0 Å². The molecular formula is C8H15N5O. The normalized spacial score (nSPS) is 11.7. The van der Waals surface area contributed by atoms with Gasteiger partial charge in [0.05, 0.1) is 25.0 Å². The lowest BCUT2D eigenvalue weighted by Gasteiger charge is -2.00. The minimum Gasteiger partial charge on any atom is -0.383 e. The molecule has 6 nitrogen and oxygen atoms in total. The minimum absolute atomic E-state index is 0.372. The largest absolute Gasteiger partial charge is 0.383 e. The molecule has 1 rings (SSSR count). The Balaban J connectivity index is 2.50. The minimum atomic E-state index is 0.372. The third-order valence-electron chi connectivity index (χ3n) is 1.67. The van der Waals surface area contributed by atoms with Crippen LogP contribution >= 0.6 is 0 Å². The van der Waals surface area contributed by atoms with Crippen molar-refractivity contribution in [3.8, 4) is 0 Å². The van der Waals surface area contributed by atoms with Crippen molar-refractivity contribution in [1.82, 2.24) is 9.78 Å². The zero-order valence-electron chi connectivity index (χ0n) is 8.40. The van der Waals surface area contributed by atoms with Crippen molar-refractivity contribution in [2.75, 3.05) is 26.1 Å². The van der Waals surface area contributed by atoms with Gasteiger partial charge in [-0.25, -0.2) is 0 Å². The van der Waals surface area contributed by atoms with E-state index < -0.39 is 0 Å². The number of guanidine groups is 1. The molecule has 0 bridgehead atoms. The lowest BCUT2D eigenvalue weighted by Crippen LogP contribution is -2.21. The van der Waals surface area contributed by atoms with E-state index in [9.17, 15) is 0 Å². The van der Waals surface area contributed by atoms with Crippen molar-refractivity contribution < 1.29 is 4.74 Å². The summed E-state index contributed by atoms with van der Waals surface area (Å²) in [5, 5.41) is 7.00. The molecule has 0 amide bonds. The van der Waals surface area contributed by atoms with Gasteiger partial charge in [-0.1, -0.05) is 0 Å². The monoisotopic (exact) mass is 197 g/mol. The van der Waals surface area contributed by atoms with Crippen LogP contribution in [0.25, 0.3) is 0 Å². The van der Waals surface area contributed by atoms with Crippen molar-refractivity contribution in [2.24, 2.45) is 10.7 Å². The van der Waals surface area contributed by atoms with E-state index in [0.717, 1.165) is 12.2 Å². The second kappa shape index (κ2) is 5.23.